The summed E-state index contributed by atoms with van der Waals surface area (Å²) >= 11 is 1.33. The van der Waals surface area contributed by atoms with Crippen LogP contribution in [-0.4, -0.2) is 10.5 Å². The molecule has 35 heavy (non-hydrogen) atoms. The molecule has 3 aromatic carbocycles. The van der Waals surface area contributed by atoms with Crippen LogP contribution < -0.4 is 20.2 Å². The maximum atomic E-state index is 13.6. The Morgan fingerprint density at radius 1 is 0.943 bits per heavy atom. The number of rotatable bonds is 5. The number of nitrogens with one attached hydrogen (secondary N) is 1. The smallest absolute Gasteiger partial charge is 0.271 e. The molecule has 1 aliphatic heterocycles. The zero-order valence-electron chi connectivity index (χ0n) is 19.1. The Bertz CT molecular complexity index is 1600. The zero-order chi connectivity index (χ0) is 24.2. The second kappa shape index (κ2) is 9.91. The minimum Gasteiger partial charge on any atom is -0.322 e. The standard InChI is InChI=1S/C29H23N3O2S/c1-20-25(27(33)31-23-17-9-4-10-18-23)26(22-15-7-3-8-16-22)32-28(34)24(35-29(32)30-20)19-11-14-21-12-5-2-6-13-21/h2-19,26H,1H3,(H,31,33)/b14-11+,24-19?/t26-/m0/s1. The van der Waals surface area contributed by atoms with Crippen molar-refractivity contribution in [2.75, 3.05) is 5.32 Å². The van der Waals surface area contributed by atoms with Gasteiger partial charge in [-0.05, 0) is 36.3 Å². The van der Waals surface area contributed by atoms with E-state index in [2.05, 4.69) is 10.3 Å². The van der Waals surface area contributed by atoms with Crippen molar-refractivity contribution in [3.05, 3.63) is 139 Å². The van der Waals surface area contributed by atoms with Crippen molar-refractivity contribution in [3.63, 3.8) is 0 Å². The van der Waals surface area contributed by atoms with E-state index in [-0.39, 0.29) is 11.5 Å². The van der Waals surface area contributed by atoms with Crippen molar-refractivity contribution in [3.8, 4) is 0 Å². The lowest BCUT2D eigenvalue weighted by Gasteiger charge is -2.25. The number of hydrogen-bond acceptors (Lipinski definition) is 4. The largest absolute Gasteiger partial charge is 0.322 e. The van der Waals surface area contributed by atoms with Crippen molar-refractivity contribution >= 4 is 35.1 Å². The molecular weight excluding hydrogens is 454 g/mol. The first-order valence-electron chi connectivity index (χ1n) is 11.3. The molecule has 0 unspecified atom stereocenters. The molecule has 2 heterocycles. The van der Waals surface area contributed by atoms with Gasteiger partial charge >= 0.3 is 0 Å². The lowest BCUT2D eigenvalue weighted by atomic mass is 9.95. The van der Waals surface area contributed by atoms with Crippen molar-refractivity contribution in [1.29, 1.82) is 0 Å². The number of carbonyl (C=O) groups is 1. The van der Waals surface area contributed by atoms with E-state index in [0.29, 0.717) is 26.3 Å². The summed E-state index contributed by atoms with van der Waals surface area (Å²) in [7, 11) is 0. The van der Waals surface area contributed by atoms with Gasteiger partial charge in [0.05, 0.1) is 21.8 Å². The topological polar surface area (TPSA) is 63.5 Å². The Labute approximate surface area is 206 Å². The number of hydrogen-bond donors (Lipinski definition) is 1. The number of aromatic nitrogens is 1. The molecule has 0 aliphatic carbocycles. The van der Waals surface area contributed by atoms with Gasteiger partial charge in [0.15, 0.2) is 4.80 Å². The zero-order valence-corrected chi connectivity index (χ0v) is 19.9. The highest BCUT2D eigenvalue weighted by atomic mass is 32.1. The molecule has 0 spiro atoms. The molecule has 0 bridgehead atoms. The van der Waals surface area contributed by atoms with E-state index >= 15 is 0 Å². The van der Waals surface area contributed by atoms with Gasteiger partial charge in [0.25, 0.3) is 11.5 Å². The van der Waals surface area contributed by atoms with E-state index in [1.807, 2.05) is 116 Å². The van der Waals surface area contributed by atoms with Crippen LogP contribution in [0.15, 0.2) is 118 Å². The minimum absolute atomic E-state index is 0.169. The molecule has 5 rings (SSSR count). The Morgan fingerprint density at radius 2 is 1.57 bits per heavy atom. The summed E-state index contributed by atoms with van der Waals surface area (Å²) in [6, 6.07) is 28.2. The fraction of sp³-hybridized carbons (Fsp3) is 0.0690. The number of fused-ring (bicyclic) bond motifs is 1. The van der Waals surface area contributed by atoms with Gasteiger partial charge in [-0.25, -0.2) is 4.99 Å². The first-order valence-corrected chi connectivity index (χ1v) is 12.1. The SMILES string of the molecule is CC1=C(C(=O)Nc2ccccc2)[C@H](c2ccccc2)n2c(sc(=C/C=C/c3ccccc3)c2=O)=N1. The van der Waals surface area contributed by atoms with Gasteiger partial charge in [0, 0.05) is 5.69 Å². The Kier molecular flexibility index (Phi) is 6.37. The Hall–Kier alpha value is -4.29. The van der Waals surface area contributed by atoms with E-state index in [4.69, 9.17) is 0 Å². The molecule has 5 nitrogen and oxygen atoms in total. The lowest BCUT2D eigenvalue weighted by Crippen LogP contribution is -2.40. The maximum absolute atomic E-state index is 13.6. The van der Waals surface area contributed by atoms with Gasteiger partial charge in [-0.1, -0.05) is 102 Å². The highest BCUT2D eigenvalue weighted by Gasteiger charge is 2.32. The quantitative estimate of drug-likeness (QED) is 0.459. The minimum atomic E-state index is -0.573. The molecule has 0 saturated carbocycles. The Balaban J connectivity index is 1.60. The van der Waals surface area contributed by atoms with E-state index in [0.717, 1.165) is 11.1 Å². The molecule has 0 fully saturated rings. The second-order valence-corrected chi connectivity index (χ2v) is 9.11. The summed E-state index contributed by atoms with van der Waals surface area (Å²) in [6.07, 6.45) is 5.63. The third kappa shape index (κ3) is 4.69. The molecule has 0 radical (unpaired) electrons. The molecule has 1 aliphatic rings. The summed E-state index contributed by atoms with van der Waals surface area (Å²) in [6.45, 7) is 1.82. The van der Waals surface area contributed by atoms with Crippen LogP contribution in [0.2, 0.25) is 0 Å². The number of anilines is 1. The fourth-order valence-electron chi connectivity index (χ4n) is 4.11. The Morgan fingerprint density at radius 3 is 2.26 bits per heavy atom. The molecule has 4 aromatic rings. The van der Waals surface area contributed by atoms with Crippen molar-refractivity contribution in [2.45, 2.75) is 13.0 Å². The van der Waals surface area contributed by atoms with Gasteiger partial charge < -0.3 is 5.32 Å². The maximum Gasteiger partial charge on any atom is 0.271 e. The van der Waals surface area contributed by atoms with Crippen LogP contribution in [-0.2, 0) is 4.79 Å². The fourth-order valence-corrected chi connectivity index (χ4v) is 5.11. The van der Waals surface area contributed by atoms with Gasteiger partial charge in [-0.3, -0.25) is 14.2 Å². The van der Waals surface area contributed by atoms with Gasteiger partial charge in [0.2, 0.25) is 0 Å². The predicted octanol–water partition coefficient (Wildman–Crippen LogP) is 4.54. The average molecular weight is 478 g/mol. The molecule has 0 saturated heterocycles. The van der Waals surface area contributed by atoms with Crippen molar-refractivity contribution in [1.82, 2.24) is 4.57 Å². The summed E-state index contributed by atoms with van der Waals surface area (Å²) in [5.74, 6) is -0.274. The molecule has 1 N–H and O–H groups in total. The van der Waals surface area contributed by atoms with Crippen LogP contribution >= 0.6 is 11.3 Å². The summed E-state index contributed by atoms with van der Waals surface area (Å²) in [5.41, 5.74) is 3.48. The predicted molar refractivity (Wildman–Crippen MR) is 142 cm³/mol. The highest BCUT2D eigenvalue weighted by molar-refractivity contribution is 7.07. The number of nitrogens with zero attached hydrogens (tertiary/aromatic N) is 2. The highest BCUT2D eigenvalue weighted by Crippen LogP contribution is 2.30. The number of allylic oxidation sites excluding steroid dienone is 2. The average Bonchev–Trinajstić information content (AvgIpc) is 3.19. The number of para-hydroxylation sites is 1. The number of amides is 1. The summed E-state index contributed by atoms with van der Waals surface area (Å²) < 4.78 is 2.20. The molecule has 1 aromatic heterocycles. The summed E-state index contributed by atoms with van der Waals surface area (Å²) in [4.78, 5) is 32.3. The van der Waals surface area contributed by atoms with E-state index in [1.165, 1.54) is 11.3 Å². The van der Waals surface area contributed by atoms with Crippen LogP contribution in [0.3, 0.4) is 0 Å². The first-order chi connectivity index (χ1) is 17.1. The number of thiazole rings is 1. The van der Waals surface area contributed by atoms with Crippen LogP contribution in [0.25, 0.3) is 12.2 Å². The number of carbonyl (C=O) groups excluding carboxylic acids is 1. The van der Waals surface area contributed by atoms with Crippen molar-refractivity contribution in [2.24, 2.45) is 4.99 Å². The second-order valence-electron chi connectivity index (χ2n) is 8.10. The summed E-state index contributed by atoms with van der Waals surface area (Å²) in [5, 5.41) is 2.96. The van der Waals surface area contributed by atoms with Crippen LogP contribution in [0, 0.1) is 0 Å². The lowest BCUT2D eigenvalue weighted by molar-refractivity contribution is -0.113. The van der Waals surface area contributed by atoms with Crippen LogP contribution in [0.4, 0.5) is 5.69 Å². The number of benzene rings is 3. The van der Waals surface area contributed by atoms with Crippen molar-refractivity contribution < 1.29 is 4.79 Å². The van der Waals surface area contributed by atoms with Gasteiger partial charge in [-0.15, -0.1) is 0 Å². The normalized spacial score (nSPS) is 15.7. The third-order valence-corrected chi connectivity index (χ3v) is 6.75. The first kappa shape index (κ1) is 22.5. The molecule has 1 atom stereocenters. The van der Waals surface area contributed by atoms with E-state index in [1.54, 1.807) is 4.57 Å². The molecule has 172 valence electrons. The van der Waals surface area contributed by atoms with Crippen LogP contribution in [0.1, 0.15) is 24.1 Å². The molecule has 1 amide bonds. The molecular formula is C29H23N3O2S. The van der Waals surface area contributed by atoms with Crippen LogP contribution in [0.5, 0.6) is 0 Å². The van der Waals surface area contributed by atoms with E-state index in [9.17, 15) is 9.59 Å². The third-order valence-electron chi connectivity index (χ3n) is 5.75. The van der Waals surface area contributed by atoms with Gasteiger partial charge in [-0.2, -0.15) is 0 Å². The monoisotopic (exact) mass is 477 g/mol. The van der Waals surface area contributed by atoms with Gasteiger partial charge in [0.1, 0.15) is 0 Å². The van der Waals surface area contributed by atoms with E-state index < -0.39 is 6.04 Å². The molecule has 6 heteroatoms.